The van der Waals surface area contributed by atoms with Crippen LogP contribution in [0.25, 0.3) is 0 Å². The number of ether oxygens (including phenoxy) is 1. The van der Waals surface area contributed by atoms with Crippen molar-refractivity contribution in [3.05, 3.63) is 36.0 Å². The normalized spacial score (nSPS) is 47.4. The van der Waals surface area contributed by atoms with E-state index in [1.165, 1.54) is 19.1 Å². The first-order chi connectivity index (χ1) is 14.2. The minimum absolute atomic E-state index is 0.185. The summed E-state index contributed by atoms with van der Waals surface area (Å²) >= 11 is 0. The molecule has 172 valence electrons. The molecule has 8 nitrogen and oxygen atoms in total. The van der Waals surface area contributed by atoms with Crippen molar-refractivity contribution in [3.8, 4) is 0 Å². The van der Waals surface area contributed by atoms with Crippen LogP contribution in [0.1, 0.15) is 41.0 Å². The molecule has 2 aliphatic heterocycles. The van der Waals surface area contributed by atoms with E-state index in [1.807, 2.05) is 27.7 Å². The molecular formula is C23H33NO7. The Balaban J connectivity index is 2.26. The molecular weight excluding hydrogens is 402 g/mol. The van der Waals surface area contributed by atoms with Crippen molar-refractivity contribution in [2.75, 3.05) is 0 Å². The van der Waals surface area contributed by atoms with Crippen molar-refractivity contribution < 1.29 is 34.8 Å². The number of carbonyl (C=O) groups excluding carboxylic acids is 2. The van der Waals surface area contributed by atoms with Gasteiger partial charge in [0.05, 0.1) is 0 Å². The zero-order valence-electron chi connectivity index (χ0n) is 18.6. The van der Waals surface area contributed by atoms with E-state index in [2.05, 4.69) is 5.32 Å². The van der Waals surface area contributed by atoms with Gasteiger partial charge in [0.25, 0.3) is 5.91 Å². The van der Waals surface area contributed by atoms with Gasteiger partial charge >= 0.3 is 5.97 Å². The van der Waals surface area contributed by atoms with Crippen molar-refractivity contribution in [1.29, 1.82) is 0 Å². The maximum Gasteiger partial charge on any atom is 0.331 e. The Labute approximate surface area is 182 Å². The van der Waals surface area contributed by atoms with Crippen molar-refractivity contribution in [3.63, 3.8) is 0 Å². The van der Waals surface area contributed by atoms with Crippen LogP contribution in [0.5, 0.6) is 0 Å². The molecule has 0 saturated carbocycles. The highest BCUT2D eigenvalue weighted by Crippen LogP contribution is 2.52. The van der Waals surface area contributed by atoms with Crippen molar-refractivity contribution in [1.82, 2.24) is 5.32 Å². The van der Waals surface area contributed by atoms with Crippen LogP contribution in [-0.4, -0.2) is 67.4 Å². The summed E-state index contributed by atoms with van der Waals surface area (Å²) in [5.74, 6) is -2.07. The van der Waals surface area contributed by atoms with E-state index in [0.717, 1.165) is 23.8 Å². The second kappa shape index (κ2) is 7.85. The molecule has 1 spiro atoms. The summed E-state index contributed by atoms with van der Waals surface area (Å²) in [6, 6.07) is -0.343. The molecule has 0 aromatic carbocycles. The van der Waals surface area contributed by atoms with Gasteiger partial charge < -0.3 is 30.5 Å². The fraction of sp³-hybridized carbons (Fsp3) is 0.652. The summed E-state index contributed by atoms with van der Waals surface area (Å²) in [5.41, 5.74) is -5.20. The third kappa shape index (κ3) is 3.75. The Morgan fingerprint density at radius 2 is 1.84 bits per heavy atom. The van der Waals surface area contributed by atoms with Crippen LogP contribution in [0, 0.1) is 17.8 Å². The topological polar surface area (TPSA) is 136 Å². The maximum atomic E-state index is 13.4. The molecule has 0 bridgehead atoms. The van der Waals surface area contributed by atoms with Gasteiger partial charge in [-0.1, -0.05) is 32.4 Å². The molecule has 8 heteroatoms. The molecule has 2 heterocycles. The first kappa shape index (κ1) is 23.7. The highest BCUT2D eigenvalue weighted by Gasteiger charge is 2.70. The molecule has 0 aromatic heterocycles. The van der Waals surface area contributed by atoms with Gasteiger partial charge in [0.15, 0.2) is 5.60 Å². The lowest BCUT2D eigenvalue weighted by molar-refractivity contribution is -0.192. The molecule has 3 aliphatic rings. The number of nitrogens with one attached hydrogen (secondary N) is 1. The average Bonchev–Trinajstić information content (AvgIpc) is 2.93. The van der Waals surface area contributed by atoms with Crippen LogP contribution in [-0.2, 0) is 14.3 Å². The lowest BCUT2D eigenvalue weighted by atomic mass is 9.61. The van der Waals surface area contributed by atoms with Gasteiger partial charge in [-0.25, -0.2) is 4.79 Å². The van der Waals surface area contributed by atoms with Crippen LogP contribution in [0.3, 0.4) is 0 Å². The Bertz CT molecular complexity index is 845. The average molecular weight is 436 g/mol. The minimum Gasteiger partial charge on any atom is -0.441 e. The second-order valence-corrected chi connectivity index (χ2v) is 9.75. The summed E-state index contributed by atoms with van der Waals surface area (Å²) < 4.78 is 5.74. The van der Waals surface area contributed by atoms with Crippen LogP contribution in [0.15, 0.2) is 36.0 Å². The Morgan fingerprint density at radius 1 is 1.19 bits per heavy atom. The van der Waals surface area contributed by atoms with Gasteiger partial charge in [-0.2, -0.15) is 0 Å². The number of aliphatic hydroxyl groups excluding tert-OH is 2. The predicted molar refractivity (Wildman–Crippen MR) is 112 cm³/mol. The molecule has 8 atom stereocenters. The van der Waals surface area contributed by atoms with Gasteiger partial charge in [0.1, 0.15) is 17.8 Å². The highest BCUT2D eigenvalue weighted by atomic mass is 16.6. The van der Waals surface area contributed by atoms with Crippen LogP contribution in [0.2, 0.25) is 0 Å². The minimum atomic E-state index is -2.08. The second-order valence-electron chi connectivity index (χ2n) is 9.75. The molecule has 3 rings (SSSR count). The summed E-state index contributed by atoms with van der Waals surface area (Å²) in [6.45, 7) is 9.06. The van der Waals surface area contributed by atoms with Crippen molar-refractivity contribution >= 4 is 11.9 Å². The van der Waals surface area contributed by atoms with E-state index in [-0.39, 0.29) is 17.9 Å². The Hall–Kier alpha value is -2.00. The number of hydrogen-bond donors (Lipinski definition) is 5. The lowest BCUT2D eigenvalue weighted by Crippen LogP contribution is -2.66. The van der Waals surface area contributed by atoms with Crippen molar-refractivity contribution in [2.45, 2.75) is 76.1 Å². The molecule has 8 unspecified atom stereocenters. The molecule has 0 radical (unpaired) electrons. The lowest BCUT2D eigenvalue weighted by Gasteiger charge is -2.49. The molecule has 1 saturated heterocycles. The third-order valence-electron chi connectivity index (χ3n) is 6.87. The first-order valence-electron chi connectivity index (χ1n) is 10.7. The predicted octanol–water partition coefficient (Wildman–Crippen LogP) is 0.355. The van der Waals surface area contributed by atoms with Gasteiger partial charge in [-0.3, -0.25) is 4.79 Å². The maximum absolute atomic E-state index is 13.4. The van der Waals surface area contributed by atoms with E-state index in [4.69, 9.17) is 4.74 Å². The molecule has 1 amide bonds. The number of aliphatic hydroxyl groups is 4. The van der Waals surface area contributed by atoms with Gasteiger partial charge in [-0.05, 0) is 50.3 Å². The van der Waals surface area contributed by atoms with Gasteiger partial charge in [0.2, 0.25) is 5.60 Å². The number of rotatable bonds is 2. The third-order valence-corrected chi connectivity index (χ3v) is 6.87. The highest BCUT2D eigenvalue weighted by molar-refractivity contribution is 5.95. The molecule has 5 N–H and O–H groups in total. The van der Waals surface area contributed by atoms with E-state index in [0.29, 0.717) is 6.42 Å². The zero-order chi connectivity index (χ0) is 23.4. The fourth-order valence-corrected chi connectivity index (χ4v) is 5.12. The quantitative estimate of drug-likeness (QED) is 0.312. The standard InChI is InChI=1S/C23H33NO7/c1-12(2)10-15-18-14(4)13(3)11-22(30)9-8-21(5,29)19(27)16(25)6-7-17(26)31-23(18,22)20(28)24-15/h6-9,11-12,14-16,18-19,25,27,29-30H,10H2,1-5H3,(H,24,28)/b7-6-,9-8+. The molecule has 0 aromatic rings. The molecule has 1 fully saturated rings. The number of hydrogen-bond acceptors (Lipinski definition) is 7. The Morgan fingerprint density at radius 3 is 2.45 bits per heavy atom. The number of allylic oxidation sites excluding steroid dienone is 1. The van der Waals surface area contributed by atoms with E-state index in [1.54, 1.807) is 0 Å². The van der Waals surface area contributed by atoms with Gasteiger partial charge in [-0.15, -0.1) is 0 Å². The summed E-state index contributed by atoms with van der Waals surface area (Å²) in [5, 5.41) is 45.9. The number of carbonyl (C=O) groups is 2. The zero-order valence-corrected chi connectivity index (χ0v) is 18.6. The number of esters is 1. The van der Waals surface area contributed by atoms with E-state index < -0.39 is 46.8 Å². The van der Waals surface area contributed by atoms with Crippen LogP contribution < -0.4 is 5.32 Å². The largest absolute Gasteiger partial charge is 0.441 e. The molecule has 1 aliphatic carbocycles. The van der Waals surface area contributed by atoms with Crippen molar-refractivity contribution in [2.24, 2.45) is 17.8 Å². The fourth-order valence-electron chi connectivity index (χ4n) is 5.12. The summed E-state index contributed by atoms with van der Waals surface area (Å²) in [4.78, 5) is 26.1. The first-order valence-corrected chi connectivity index (χ1v) is 10.7. The smallest absolute Gasteiger partial charge is 0.331 e. The van der Waals surface area contributed by atoms with E-state index in [9.17, 15) is 30.0 Å². The van der Waals surface area contributed by atoms with Crippen LogP contribution >= 0.6 is 0 Å². The monoisotopic (exact) mass is 435 g/mol. The summed E-state index contributed by atoms with van der Waals surface area (Å²) in [6.07, 6.45) is 3.06. The SMILES string of the molecule is CC1=CC2(O)/C=C/C(C)(O)C(O)C(O)/C=C\C(=O)OC23C(=O)NC(CC(C)C)C3C1C. The van der Waals surface area contributed by atoms with E-state index >= 15 is 0 Å². The summed E-state index contributed by atoms with van der Waals surface area (Å²) in [7, 11) is 0. The van der Waals surface area contributed by atoms with Crippen LogP contribution in [0.4, 0.5) is 0 Å². The molecule has 31 heavy (non-hydrogen) atoms. The van der Waals surface area contributed by atoms with Gasteiger partial charge in [0, 0.05) is 18.0 Å². The number of amides is 1. The Kier molecular flexibility index (Phi) is 5.99.